The molecule has 152 valence electrons. The fraction of sp³-hybridized carbons (Fsp3) is 0.609. The van der Waals surface area contributed by atoms with Gasteiger partial charge in [0.15, 0.2) is 0 Å². The highest BCUT2D eigenvalue weighted by Gasteiger charge is 2.19. The second-order valence-corrected chi connectivity index (χ2v) is 8.40. The SMILES string of the molecule is CN1CCN(CCCOc2ccccc2-c2nccn2CC2CCCC2)CC1. The number of nitrogens with zero attached hydrogens (tertiary/aromatic N) is 4. The van der Waals surface area contributed by atoms with E-state index in [1.807, 2.05) is 6.20 Å². The largest absolute Gasteiger partial charge is 0.493 e. The number of imidazole rings is 1. The number of hydrogen-bond donors (Lipinski definition) is 0. The number of rotatable bonds is 8. The van der Waals surface area contributed by atoms with Crippen LogP contribution in [0.3, 0.4) is 0 Å². The van der Waals surface area contributed by atoms with Gasteiger partial charge in [0.1, 0.15) is 11.6 Å². The van der Waals surface area contributed by atoms with Gasteiger partial charge in [0.2, 0.25) is 0 Å². The summed E-state index contributed by atoms with van der Waals surface area (Å²) < 4.78 is 8.53. The molecule has 1 aliphatic heterocycles. The van der Waals surface area contributed by atoms with E-state index in [4.69, 9.17) is 4.74 Å². The normalized spacial score (nSPS) is 19.3. The molecule has 1 saturated carbocycles. The molecule has 0 atom stereocenters. The predicted octanol–water partition coefficient (Wildman–Crippen LogP) is 3.76. The number of likely N-dealkylation sites (N-methyl/N-ethyl adjacent to an activating group) is 1. The van der Waals surface area contributed by atoms with E-state index in [2.05, 4.69) is 56.9 Å². The molecule has 1 aliphatic carbocycles. The molecule has 5 nitrogen and oxygen atoms in total. The summed E-state index contributed by atoms with van der Waals surface area (Å²) in [5, 5.41) is 0. The van der Waals surface area contributed by atoms with Crippen LogP contribution < -0.4 is 4.74 Å². The third-order valence-electron chi connectivity index (χ3n) is 6.25. The Kier molecular flexibility index (Phi) is 6.65. The van der Waals surface area contributed by atoms with Gasteiger partial charge >= 0.3 is 0 Å². The summed E-state index contributed by atoms with van der Waals surface area (Å²) >= 11 is 0. The molecule has 1 saturated heterocycles. The van der Waals surface area contributed by atoms with Crippen LogP contribution in [0, 0.1) is 5.92 Å². The molecule has 0 amide bonds. The van der Waals surface area contributed by atoms with Crippen molar-refractivity contribution in [1.29, 1.82) is 0 Å². The monoisotopic (exact) mass is 382 g/mol. The number of hydrogen-bond acceptors (Lipinski definition) is 4. The molecule has 0 bridgehead atoms. The standard InChI is InChI=1S/C23H34N4O/c1-25-14-16-26(17-15-25)12-6-18-28-22-10-5-4-9-21(22)23-24-11-13-27(23)19-20-7-2-3-8-20/h4-5,9-11,13,20H,2-3,6-8,12,14-19H2,1H3. The Hall–Kier alpha value is -1.85. The van der Waals surface area contributed by atoms with Gasteiger partial charge in [-0.1, -0.05) is 25.0 Å². The van der Waals surface area contributed by atoms with Crippen LogP contribution in [-0.2, 0) is 6.54 Å². The van der Waals surface area contributed by atoms with Crippen molar-refractivity contribution in [2.75, 3.05) is 46.4 Å². The third-order valence-corrected chi connectivity index (χ3v) is 6.25. The predicted molar refractivity (Wildman–Crippen MR) is 114 cm³/mol. The molecule has 0 spiro atoms. The van der Waals surface area contributed by atoms with Crippen molar-refractivity contribution >= 4 is 0 Å². The van der Waals surface area contributed by atoms with Crippen molar-refractivity contribution in [3.8, 4) is 17.1 Å². The lowest BCUT2D eigenvalue weighted by Crippen LogP contribution is -2.44. The molecule has 0 radical (unpaired) electrons. The van der Waals surface area contributed by atoms with E-state index in [-0.39, 0.29) is 0 Å². The lowest BCUT2D eigenvalue weighted by molar-refractivity contribution is 0.145. The van der Waals surface area contributed by atoms with Gasteiger partial charge in [-0.3, -0.25) is 0 Å². The van der Waals surface area contributed by atoms with Gasteiger partial charge < -0.3 is 19.1 Å². The lowest BCUT2D eigenvalue weighted by Gasteiger charge is -2.32. The van der Waals surface area contributed by atoms with Crippen LogP contribution in [0.2, 0.25) is 0 Å². The van der Waals surface area contributed by atoms with Gasteiger partial charge in [0.25, 0.3) is 0 Å². The molecule has 0 N–H and O–H groups in total. The van der Waals surface area contributed by atoms with E-state index in [1.54, 1.807) is 0 Å². The average molecular weight is 383 g/mol. The van der Waals surface area contributed by atoms with Crippen molar-refractivity contribution in [3.05, 3.63) is 36.7 Å². The highest BCUT2D eigenvalue weighted by atomic mass is 16.5. The van der Waals surface area contributed by atoms with Gasteiger partial charge in [-0.15, -0.1) is 0 Å². The van der Waals surface area contributed by atoms with E-state index in [0.717, 1.165) is 49.2 Å². The van der Waals surface area contributed by atoms with Crippen LogP contribution in [0.5, 0.6) is 5.75 Å². The number of piperazine rings is 1. The number of ether oxygens (including phenoxy) is 1. The first-order valence-electron chi connectivity index (χ1n) is 10.9. The van der Waals surface area contributed by atoms with Gasteiger partial charge in [0, 0.05) is 51.7 Å². The van der Waals surface area contributed by atoms with E-state index < -0.39 is 0 Å². The molecule has 2 aromatic rings. The molecule has 2 heterocycles. The molecule has 1 aromatic heterocycles. The number of aromatic nitrogens is 2. The van der Waals surface area contributed by atoms with Crippen molar-refractivity contribution in [2.45, 2.75) is 38.6 Å². The Bertz CT molecular complexity index is 730. The molecular formula is C23H34N4O. The van der Waals surface area contributed by atoms with Crippen LogP contribution >= 0.6 is 0 Å². The van der Waals surface area contributed by atoms with E-state index in [1.165, 1.54) is 51.9 Å². The van der Waals surface area contributed by atoms with Gasteiger partial charge in [-0.05, 0) is 44.4 Å². The van der Waals surface area contributed by atoms with Crippen molar-refractivity contribution < 1.29 is 4.74 Å². The first-order chi connectivity index (χ1) is 13.8. The van der Waals surface area contributed by atoms with E-state index >= 15 is 0 Å². The third kappa shape index (κ3) is 4.95. The first kappa shape index (κ1) is 19.5. The zero-order valence-electron chi connectivity index (χ0n) is 17.2. The number of benzene rings is 1. The first-order valence-corrected chi connectivity index (χ1v) is 10.9. The Morgan fingerprint density at radius 3 is 2.68 bits per heavy atom. The van der Waals surface area contributed by atoms with Gasteiger partial charge in [0.05, 0.1) is 12.2 Å². The zero-order valence-corrected chi connectivity index (χ0v) is 17.2. The Balaban J connectivity index is 1.34. The fourth-order valence-electron chi connectivity index (χ4n) is 4.49. The highest BCUT2D eigenvalue weighted by molar-refractivity contribution is 5.64. The molecule has 1 aromatic carbocycles. The van der Waals surface area contributed by atoms with Crippen molar-refractivity contribution in [3.63, 3.8) is 0 Å². The summed E-state index contributed by atoms with van der Waals surface area (Å²) in [6, 6.07) is 8.37. The topological polar surface area (TPSA) is 33.5 Å². The van der Waals surface area contributed by atoms with E-state index in [0.29, 0.717) is 0 Å². The fourth-order valence-corrected chi connectivity index (χ4v) is 4.49. The molecule has 4 rings (SSSR count). The molecule has 28 heavy (non-hydrogen) atoms. The van der Waals surface area contributed by atoms with Crippen LogP contribution in [-0.4, -0.2) is 65.7 Å². The van der Waals surface area contributed by atoms with Crippen LogP contribution in [0.4, 0.5) is 0 Å². The van der Waals surface area contributed by atoms with Crippen LogP contribution in [0.15, 0.2) is 36.7 Å². The lowest BCUT2D eigenvalue weighted by atomic mass is 10.1. The quantitative estimate of drug-likeness (QED) is 0.651. The molecule has 2 aliphatic rings. The second kappa shape index (κ2) is 9.57. The minimum atomic E-state index is 0.757. The Morgan fingerprint density at radius 1 is 1.07 bits per heavy atom. The minimum absolute atomic E-state index is 0.757. The molecule has 2 fully saturated rings. The van der Waals surface area contributed by atoms with Crippen molar-refractivity contribution in [1.82, 2.24) is 19.4 Å². The summed E-state index contributed by atoms with van der Waals surface area (Å²) in [4.78, 5) is 9.61. The summed E-state index contributed by atoms with van der Waals surface area (Å²) in [7, 11) is 2.20. The van der Waals surface area contributed by atoms with Crippen LogP contribution in [0.25, 0.3) is 11.4 Å². The Labute approximate surface area is 169 Å². The minimum Gasteiger partial charge on any atom is -0.493 e. The molecular weight excluding hydrogens is 348 g/mol. The maximum atomic E-state index is 6.21. The smallest absolute Gasteiger partial charge is 0.143 e. The van der Waals surface area contributed by atoms with Crippen molar-refractivity contribution in [2.24, 2.45) is 5.92 Å². The average Bonchev–Trinajstić information content (AvgIpc) is 3.39. The van der Waals surface area contributed by atoms with Gasteiger partial charge in [-0.2, -0.15) is 0 Å². The maximum Gasteiger partial charge on any atom is 0.143 e. The molecule has 0 unspecified atom stereocenters. The summed E-state index contributed by atoms with van der Waals surface area (Å²) in [5.41, 5.74) is 1.12. The highest BCUT2D eigenvalue weighted by Crippen LogP contribution is 2.31. The second-order valence-electron chi connectivity index (χ2n) is 8.40. The number of para-hydroxylation sites is 1. The molecule has 5 heteroatoms. The van der Waals surface area contributed by atoms with E-state index in [9.17, 15) is 0 Å². The maximum absolute atomic E-state index is 6.21. The zero-order chi connectivity index (χ0) is 19.2. The summed E-state index contributed by atoms with van der Waals surface area (Å²) in [5.74, 6) is 2.80. The summed E-state index contributed by atoms with van der Waals surface area (Å²) in [6.07, 6.45) is 10.6. The Morgan fingerprint density at radius 2 is 1.86 bits per heavy atom. The summed E-state index contributed by atoms with van der Waals surface area (Å²) in [6.45, 7) is 7.64. The van der Waals surface area contributed by atoms with Gasteiger partial charge in [-0.25, -0.2) is 4.98 Å². The van der Waals surface area contributed by atoms with Crippen LogP contribution in [0.1, 0.15) is 32.1 Å².